The van der Waals surface area contributed by atoms with E-state index in [-0.39, 0.29) is 11.7 Å². The van der Waals surface area contributed by atoms with Gasteiger partial charge in [0, 0.05) is 25.8 Å². The highest BCUT2D eigenvalue weighted by Crippen LogP contribution is 2.15. The zero-order valence-corrected chi connectivity index (χ0v) is 15.0. The van der Waals surface area contributed by atoms with Crippen molar-refractivity contribution in [3.63, 3.8) is 0 Å². The fourth-order valence-electron chi connectivity index (χ4n) is 2.11. The van der Waals surface area contributed by atoms with Crippen molar-refractivity contribution in [1.29, 1.82) is 0 Å². The molecular weight excluding hydrogens is 308 g/mol. The van der Waals surface area contributed by atoms with Gasteiger partial charge in [0.1, 0.15) is 5.75 Å². The van der Waals surface area contributed by atoms with Crippen LogP contribution < -0.4 is 10.1 Å². The molecule has 0 saturated carbocycles. The van der Waals surface area contributed by atoms with E-state index in [2.05, 4.69) is 10.2 Å². The number of likely N-dealkylation sites (N-methyl/N-ethyl adjacent to an activating group) is 1. The number of ketones is 1. The van der Waals surface area contributed by atoms with Gasteiger partial charge in [-0.2, -0.15) is 0 Å². The van der Waals surface area contributed by atoms with Crippen molar-refractivity contribution in [2.75, 3.05) is 40.4 Å². The molecule has 1 unspecified atom stereocenters. The van der Waals surface area contributed by atoms with E-state index >= 15 is 0 Å². The molecule has 0 bridgehead atoms. The number of methoxy groups -OCH3 is 1. The van der Waals surface area contributed by atoms with E-state index in [1.807, 2.05) is 7.05 Å². The Morgan fingerprint density at radius 1 is 1.29 bits per heavy atom. The molecule has 0 aromatic heterocycles. The molecule has 0 aliphatic carbocycles. The number of nitrogens with one attached hydrogen (secondary N) is 1. The molecule has 0 fully saturated rings. The molecule has 1 atom stereocenters. The van der Waals surface area contributed by atoms with E-state index in [9.17, 15) is 9.59 Å². The Morgan fingerprint density at radius 3 is 2.71 bits per heavy atom. The number of ether oxygens (including phenoxy) is 2. The molecular formula is C18H28N2O4. The van der Waals surface area contributed by atoms with Crippen LogP contribution in [0.2, 0.25) is 0 Å². The van der Waals surface area contributed by atoms with Crippen LogP contribution in [-0.2, 0) is 9.53 Å². The third-order valence-corrected chi connectivity index (χ3v) is 3.62. The minimum absolute atomic E-state index is 0.0323. The smallest absolute Gasteiger partial charge is 0.260 e. The number of nitrogens with zero attached hydrogens (tertiary/aromatic N) is 1. The third kappa shape index (κ3) is 7.57. The van der Waals surface area contributed by atoms with Crippen molar-refractivity contribution < 1.29 is 19.1 Å². The molecule has 134 valence electrons. The predicted octanol–water partition coefficient (Wildman–Crippen LogP) is 1.74. The van der Waals surface area contributed by atoms with Crippen LogP contribution >= 0.6 is 0 Å². The topological polar surface area (TPSA) is 67.9 Å². The summed E-state index contributed by atoms with van der Waals surface area (Å²) in [6.45, 7) is 6.25. The Balaban J connectivity index is 2.32. The van der Waals surface area contributed by atoms with Gasteiger partial charge in [-0.3, -0.25) is 9.59 Å². The molecule has 1 rings (SSSR count). The lowest BCUT2D eigenvalue weighted by atomic mass is 10.1. The lowest BCUT2D eigenvalue weighted by molar-refractivity contribution is -0.127. The second kappa shape index (κ2) is 10.8. The number of amides is 1. The second-order valence-corrected chi connectivity index (χ2v) is 5.78. The van der Waals surface area contributed by atoms with Crippen LogP contribution in [0.25, 0.3) is 0 Å². The zero-order valence-electron chi connectivity index (χ0n) is 15.0. The van der Waals surface area contributed by atoms with Crippen molar-refractivity contribution in [2.24, 2.45) is 0 Å². The molecule has 1 aromatic rings. The van der Waals surface area contributed by atoms with Gasteiger partial charge in [0.05, 0.1) is 6.61 Å². The van der Waals surface area contributed by atoms with Crippen LogP contribution in [-0.4, -0.2) is 63.1 Å². The average molecular weight is 336 g/mol. The van der Waals surface area contributed by atoms with Gasteiger partial charge in [0.15, 0.2) is 11.9 Å². The van der Waals surface area contributed by atoms with Crippen LogP contribution in [0.15, 0.2) is 24.3 Å². The quantitative estimate of drug-likeness (QED) is 0.492. The first-order valence-corrected chi connectivity index (χ1v) is 8.17. The SMILES string of the molecule is COCCN(C)CCCNC(=O)C(C)Oc1cccc(C(C)=O)c1. The Morgan fingerprint density at radius 2 is 2.04 bits per heavy atom. The summed E-state index contributed by atoms with van der Waals surface area (Å²) in [7, 11) is 3.70. The molecule has 0 saturated heterocycles. The summed E-state index contributed by atoms with van der Waals surface area (Å²) in [5, 5.41) is 2.86. The first-order valence-electron chi connectivity index (χ1n) is 8.17. The average Bonchev–Trinajstić information content (AvgIpc) is 2.56. The number of hydrogen-bond acceptors (Lipinski definition) is 5. The van der Waals surface area contributed by atoms with Crippen LogP contribution in [0.5, 0.6) is 5.75 Å². The Bertz CT molecular complexity index is 534. The summed E-state index contributed by atoms with van der Waals surface area (Å²) < 4.78 is 10.6. The number of carbonyl (C=O) groups excluding carboxylic acids is 2. The highest BCUT2D eigenvalue weighted by Gasteiger charge is 2.14. The van der Waals surface area contributed by atoms with Crippen molar-refractivity contribution in [1.82, 2.24) is 10.2 Å². The van der Waals surface area contributed by atoms with E-state index < -0.39 is 6.10 Å². The van der Waals surface area contributed by atoms with Gasteiger partial charge in [0.25, 0.3) is 5.91 Å². The molecule has 0 aliphatic rings. The maximum atomic E-state index is 12.0. The maximum absolute atomic E-state index is 12.0. The monoisotopic (exact) mass is 336 g/mol. The fourth-order valence-corrected chi connectivity index (χ4v) is 2.11. The van der Waals surface area contributed by atoms with Gasteiger partial charge >= 0.3 is 0 Å². The minimum atomic E-state index is -0.613. The van der Waals surface area contributed by atoms with Crippen LogP contribution in [0.1, 0.15) is 30.6 Å². The Labute approximate surface area is 144 Å². The summed E-state index contributed by atoms with van der Waals surface area (Å²) in [5.74, 6) is 0.322. The molecule has 6 heteroatoms. The summed E-state index contributed by atoms with van der Waals surface area (Å²) in [5.41, 5.74) is 0.569. The second-order valence-electron chi connectivity index (χ2n) is 5.78. The molecule has 0 aliphatic heterocycles. The highest BCUT2D eigenvalue weighted by atomic mass is 16.5. The van der Waals surface area contributed by atoms with Gasteiger partial charge in [-0.05, 0) is 46.0 Å². The minimum Gasteiger partial charge on any atom is -0.481 e. The molecule has 24 heavy (non-hydrogen) atoms. The summed E-state index contributed by atoms with van der Waals surface area (Å²) in [6.07, 6.45) is 0.247. The molecule has 1 N–H and O–H groups in total. The van der Waals surface area contributed by atoms with E-state index in [0.717, 1.165) is 19.5 Å². The Kier molecular flexibility index (Phi) is 9.04. The first-order chi connectivity index (χ1) is 11.4. The van der Waals surface area contributed by atoms with Crippen molar-refractivity contribution in [3.8, 4) is 5.75 Å². The van der Waals surface area contributed by atoms with E-state index in [1.54, 1.807) is 38.3 Å². The maximum Gasteiger partial charge on any atom is 0.260 e. The van der Waals surface area contributed by atoms with Gasteiger partial charge in [0.2, 0.25) is 0 Å². The summed E-state index contributed by atoms with van der Waals surface area (Å²) >= 11 is 0. The predicted molar refractivity (Wildman–Crippen MR) is 93.5 cm³/mol. The number of rotatable bonds is 11. The first kappa shape index (κ1) is 20.1. The van der Waals surface area contributed by atoms with E-state index in [0.29, 0.717) is 24.5 Å². The van der Waals surface area contributed by atoms with Crippen LogP contribution in [0.3, 0.4) is 0 Å². The number of benzene rings is 1. The lowest BCUT2D eigenvalue weighted by Gasteiger charge is -2.17. The number of hydrogen-bond donors (Lipinski definition) is 1. The third-order valence-electron chi connectivity index (χ3n) is 3.62. The molecule has 1 aromatic carbocycles. The fraction of sp³-hybridized carbons (Fsp3) is 0.556. The van der Waals surface area contributed by atoms with E-state index in [1.165, 1.54) is 6.92 Å². The highest BCUT2D eigenvalue weighted by molar-refractivity contribution is 5.94. The molecule has 0 spiro atoms. The van der Waals surface area contributed by atoms with Crippen molar-refractivity contribution >= 4 is 11.7 Å². The van der Waals surface area contributed by atoms with Crippen molar-refractivity contribution in [2.45, 2.75) is 26.4 Å². The van der Waals surface area contributed by atoms with E-state index in [4.69, 9.17) is 9.47 Å². The molecule has 1 amide bonds. The van der Waals surface area contributed by atoms with Gasteiger partial charge in [-0.25, -0.2) is 0 Å². The Hall–Kier alpha value is -1.92. The van der Waals surface area contributed by atoms with Crippen molar-refractivity contribution in [3.05, 3.63) is 29.8 Å². The summed E-state index contributed by atoms with van der Waals surface area (Å²) in [6, 6.07) is 6.85. The van der Waals surface area contributed by atoms with Crippen LogP contribution in [0, 0.1) is 0 Å². The van der Waals surface area contributed by atoms with Gasteiger partial charge in [-0.15, -0.1) is 0 Å². The molecule has 0 radical (unpaired) electrons. The lowest BCUT2D eigenvalue weighted by Crippen LogP contribution is -2.37. The number of Topliss-reactive ketones (excluding diaryl/α,β-unsaturated/α-hetero) is 1. The normalized spacial score (nSPS) is 12.0. The largest absolute Gasteiger partial charge is 0.481 e. The molecule has 0 heterocycles. The van der Waals surface area contributed by atoms with Crippen LogP contribution in [0.4, 0.5) is 0 Å². The van der Waals surface area contributed by atoms with Gasteiger partial charge < -0.3 is 19.7 Å². The number of carbonyl (C=O) groups is 2. The summed E-state index contributed by atoms with van der Waals surface area (Å²) in [4.78, 5) is 25.6. The zero-order chi connectivity index (χ0) is 17.9. The molecule has 6 nitrogen and oxygen atoms in total. The van der Waals surface area contributed by atoms with Gasteiger partial charge in [-0.1, -0.05) is 12.1 Å². The standard InChI is InChI=1S/C18H28N2O4/c1-14(21)16-7-5-8-17(13-16)24-15(2)18(22)19-9-6-10-20(3)11-12-23-4/h5,7-8,13,15H,6,9-12H2,1-4H3,(H,19,22).